The van der Waals surface area contributed by atoms with Crippen LogP contribution in [0.25, 0.3) is 0 Å². The van der Waals surface area contributed by atoms with Gasteiger partial charge in [0.2, 0.25) is 5.56 Å². The molecule has 0 saturated carbocycles. The maximum atomic E-state index is 12.4. The molecule has 0 bridgehead atoms. The van der Waals surface area contributed by atoms with Crippen LogP contribution in [0.1, 0.15) is 28.9 Å². The van der Waals surface area contributed by atoms with Crippen molar-refractivity contribution in [1.82, 2.24) is 9.88 Å². The molecule has 1 amide bonds. The van der Waals surface area contributed by atoms with Gasteiger partial charge >= 0.3 is 0 Å². The molecule has 2 aromatic rings. The van der Waals surface area contributed by atoms with Crippen LogP contribution < -0.4 is 10.3 Å². The van der Waals surface area contributed by atoms with Crippen LogP contribution in [-0.4, -0.2) is 29.9 Å². The summed E-state index contributed by atoms with van der Waals surface area (Å²) in [6, 6.07) is 10.4. The monoisotopic (exact) mass is 286 g/mol. The molecule has 1 aromatic carbocycles. The van der Waals surface area contributed by atoms with Gasteiger partial charge in [0.15, 0.2) is 0 Å². The molecule has 110 valence electrons. The molecule has 5 nitrogen and oxygen atoms in total. The second-order valence-electron chi connectivity index (χ2n) is 4.81. The highest BCUT2D eigenvalue weighted by Crippen LogP contribution is 2.22. The van der Waals surface area contributed by atoms with Gasteiger partial charge in [0.25, 0.3) is 5.91 Å². The summed E-state index contributed by atoms with van der Waals surface area (Å²) in [7, 11) is 3.35. The first kappa shape index (κ1) is 14.8. The van der Waals surface area contributed by atoms with Gasteiger partial charge in [-0.2, -0.15) is 0 Å². The van der Waals surface area contributed by atoms with E-state index in [4.69, 9.17) is 4.74 Å². The quantitative estimate of drug-likeness (QED) is 0.937. The van der Waals surface area contributed by atoms with Crippen molar-refractivity contribution in [2.75, 3.05) is 14.2 Å². The third-order valence-corrected chi connectivity index (χ3v) is 3.53. The summed E-state index contributed by atoms with van der Waals surface area (Å²) >= 11 is 0. The number of aromatic nitrogens is 1. The Hall–Kier alpha value is -2.56. The van der Waals surface area contributed by atoms with Gasteiger partial charge in [-0.3, -0.25) is 9.59 Å². The molecule has 0 unspecified atom stereocenters. The summed E-state index contributed by atoms with van der Waals surface area (Å²) in [4.78, 5) is 27.6. The third kappa shape index (κ3) is 3.31. The van der Waals surface area contributed by atoms with E-state index in [1.165, 1.54) is 18.3 Å². The summed E-state index contributed by atoms with van der Waals surface area (Å²) in [5, 5.41) is 0. The molecule has 1 heterocycles. The summed E-state index contributed by atoms with van der Waals surface area (Å²) in [6.07, 6.45) is 1.43. The molecule has 1 N–H and O–H groups in total. The third-order valence-electron chi connectivity index (χ3n) is 3.53. The molecular weight excluding hydrogens is 268 g/mol. The van der Waals surface area contributed by atoms with Crippen LogP contribution in [0.2, 0.25) is 0 Å². The highest BCUT2D eigenvalue weighted by molar-refractivity contribution is 5.93. The van der Waals surface area contributed by atoms with E-state index in [1.807, 2.05) is 31.2 Å². The molecule has 1 aromatic heterocycles. The molecule has 0 aliphatic heterocycles. The van der Waals surface area contributed by atoms with Crippen LogP contribution in [0.15, 0.2) is 47.4 Å². The van der Waals surface area contributed by atoms with Gasteiger partial charge in [0.05, 0.1) is 18.7 Å². The number of amides is 1. The maximum Gasteiger partial charge on any atom is 0.255 e. The maximum absolute atomic E-state index is 12.4. The zero-order chi connectivity index (χ0) is 15.4. The number of H-pyrrole nitrogens is 1. The van der Waals surface area contributed by atoms with Gasteiger partial charge in [0, 0.05) is 19.3 Å². The summed E-state index contributed by atoms with van der Waals surface area (Å²) in [5.74, 6) is 0.634. The van der Waals surface area contributed by atoms with Crippen molar-refractivity contribution in [3.63, 3.8) is 0 Å². The van der Waals surface area contributed by atoms with E-state index in [2.05, 4.69) is 4.98 Å². The number of benzene rings is 1. The summed E-state index contributed by atoms with van der Waals surface area (Å²) in [6.45, 7) is 1.95. The number of methoxy groups -OCH3 is 1. The molecule has 0 saturated heterocycles. The Kier molecular flexibility index (Phi) is 4.42. The Labute approximate surface area is 123 Å². The molecule has 0 fully saturated rings. The number of hydrogen-bond donors (Lipinski definition) is 1. The first-order valence-corrected chi connectivity index (χ1v) is 6.63. The number of pyridine rings is 1. The van der Waals surface area contributed by atoms with E-state index in [1.54, 1.807) is 19.1 Å². The Morgan fingerprint density at radius 2 is 1.86 bits per heavy atom. The van der Waals surface area contributed by atoms with E-state index < -0.39 is 0 Å². The lowest BCUT2D eigenvalue weighted by atomic mass is 10.1. The zero-order valence-corrected chi connectivity index (χ0v) is 12.3. The molecule has 2 rings (SSSR count). The van der Waals surface area contributed by atoms with E-state index in [0.717, 1.165) is 11.3 Å². The van der Waals surface area contributed by atoms with Gasteiger partial charge < -0.3 is 14.6 Å². The van der Waals surface area contributed by atoms with Crippen LogP contribution in [-0.2, 0) is 0 Å². The number of carbonyl (C=O) groups excluding carboxylic acids is 1. The zero-order valence-electron chi connectivity index (χ0n) is 12.3. The summed E-state index contributed by atoms with van der Waals surface area (Å²) < 4.78 is 5.12. The second-order valence-corrected chi connectivity index (χ2v) is 4.81. The molecule has 5 heteroatoms. The van der Waals surface area contributed by atoms with Crippen molar-refractivity contribution < 1.29 is 9.53 Å². The van der Waals surface area contributed by atoms with Crippen molar-refractivity contribution >= 4 is 5.91 Å². The van der Waals surface area contributed by atoms with Crippen molar-refractivity contribution in [2.24, 2.45) is 0 Å². The van der Waals surface area contributed by atoms with Gasteiger partial charge in [0.1, 0.15) is 5.75 Å². The minimum Gasteiger partial charge on any atom is -0.497 e. The normalized spacial score (nSPS) is 11.8. The van der Waals surface area contributed by atoms with Crippen molar-refractivity contribution in [3.8, 4) is 5.75 Å². The Morgan fingerprint density at radius 3 is 2.38 bits per heavy atom. The highest BCUT2D eigenvalue weighted by atomic mass is 16.5. The van der Waals surface area contributed by atoms with Crippen LogP contribution in [0.3, 0.4) is 0 Å². The van der Waals surface area contributed by atoms with E-state index >= 15 is 0 Å². The predicted octanol–water partition coefficient (Wildman–Crippen LogP) is 2.22. The fourth-order valence-corrected chi connectivity index (χ4v) is 2.03. The number of hydrogen-bond acceptors (Lipinski definition) is 3. The average Bonchev–Trinajstić information content (AvgIpc) is 2.53. The SMILES string of the molecule is COc1ccc([C@H](C)N(C)C(=O)c2ccc(=O)[nH]c2)cc1. The van der Waals surface area contributed by atoms with Crippen LogP contribution in [0.4, 0.5) is 0 Å². The van der Waals surface area contributed by atoms with Crippen molar-refractivity contribution in [3.05, 3.63) is 64.1 Å². The summed E-state index contributed by atoms with van der Waals surface area (Å²) in [5.41, 5.74) is 1.24. The molecule has 0 spiro atoms. The number of aromatic amines is 1. The Morgan fingerprint density at radius 1 is 1.19 bits per heavy atom. The largest absolute Gasteiger partial charge is 0.497 e. The Balaban J connectivity index is 2.17. The van der Waals surface area contributed by atoms with Gasteiger partial charge in [-0.15, -0.1) is 0 Å². The molecule has 0 radical (unpaired) electrons. The van der Waals surface area contributed by atoms with Crippen LogP contribution in [0.5, 0.6) is 5.75 Å². The van der Waals surface area contributed by atoms with Crippen molar-refractivity contribution in [2.45, 2.75) is 13.0 Å². The van der Waals surface area contributed by atoms with E-state index in [0.29, 0.717) is 5.56 Å². The molecule has 0 aliphatic rings. The second kappa shape index (κ2) is 6.26. The van der Waals surface area contributed by atoms with Gasteiger partial charge in [-0.25, -0.2) is 0 Å². The minimum atomic E-state index is -0.225. The molecular formula is C16H18N2O3. The first-order valence-electron chi connectivity index (χ1n) is 6.63. The smallest absolute Gasteiger partial charge is 0.255 e. The molecule has 0 aliphatic carbocycles. The number of nitrogens with one attached hydrogen (secondary N) is 1. The lowest BCUT2D eigenvalue weighted by Gasteiger charge is -2.25. The Bertz CT molecular complexity index is 656. The minimum absolute atomic E-state index is 0.0877. The van der Waals surface area contributed by atoms with Gasteiger partial charge in [-0.1, -0.05) is 12.1 Å². The van der Waals surface area contributed by atoms with Crippen LogP contribution >= 0.6 is 0 Å². The topological polar surface area (TPSA) is 62.4 Å². The molecule has 1 atom stereocenters. The van der Waals surface area contributed by atoms with Crippen LogP contribution in [0, 0.1) is 0 Å². The lowest BCUT2D eigenvalue weighted by Crippen LogP contribution is -2.30. The van der Waals surface area contributed by atoms with E-state index in [9.17, 15) is 9.59 Å². The lowest BCUT2D eigenvalue weighted by molar-refractivity contribution is 0.0742. The fourth-order valence-electron chi connectivity index (χ4n) is 2.03. The predicted molar refractivity (Wildman–Crippen MR) is 80.6 cm³/mol. The first-order chi connectivity index (χ1) is 10.0. The van der Waals surface area contributed by atoms with E-state index in [-0.39, 0.29) is 17.5 Å². The fraction of sp³-hybridized carbons (Fsp3) is 0.250. The molecule has 21 heavy (non-hydrogen) atoms. The van der Waals surface area contributed by atoms with Gasteiger partial charge in [-0.05, 0) is 30.7 Å². The average molecular weight is 286 g/mol. The van der Waals surface area contributed by atoms with Crippen molar-refractivity contribution in [1.29, 1.82) is 0 Å². The number of rotatable bonds is 4. The number of carbonyl (C=O) groups is 1. The number of nitrogens with zero attached hydrogens (tertiary/aromatic N) is 1. The highest BCUT2D eigenvalue weighted by Gasteiger charge is 2.19. The number of ether oxygens (including phenoxy) is 1. The standard InChI is InChI=1S/C16H18N2O3/c1-11(12-4-7-14(21-3)8-5-12)18(2)16(20)13-6-9-15(19)17-10-13/h4-11H,1-3H3,(H,17,19)/t11-/m0/s1.